The van der Waals surface area contributed by atoms with Gasteiger partial charge in [0.1, 0.15) is 0 Å². The molecule has 1 aliphatic rings. The summed E-state index contributed by atoms with van der Waals surface area (Å²) in [6.45, 7) is 2.16. The number of aryl methyl sites for hydroxylation is 1. The van der Waals surface area contributed by atoms with Crippen LogP contribution in [0.25, 0.3) is 11.0 Å². The number of aromatic nitrogens is 3. The fraction of sp³-hybridized carbons (Fsp3) is 0.533. The van der Waals surface area contributed by atoms with Crippen LogP contribution in [0.15, 0.2) is 12.3 Å². The van der Waals surface area contributed by atoms with E-state index in [1.165, 1.54) is 0 Å². The number of carbonyl (C=O) groups excluding carboxylic acids is 1. The van der Waals surface area contributed by atoms with E-state index in [2.05, 4.69) is 20.5 Å². The number of H-pyrrole nitrogens is 1. The van der Waals surface area contributed by atoms with Gasteiger partial charge >= 0.3 is 0 Å². The number of nitrogens with one attached hydrogen (secondary N) is 2. The highest BCUT2D eigenvalue weighted by molar-refractivity contribution is 5.97. The molecule has 1 saturated carbocycles. The van der Waals surface area contributed by atoms with Gasteiger partial charge in [-0.15, -0.1) is 0 Å². The first kappa shape index (κ1) is 14.0. The van der Waals surface area contributed by atoms with Gasteiger partial charge in [0.15, 0.2) is 5.65 Å². The van der Waals surface area contributed by atoms with Crippen LogP contribution in [-0.4, -0.2) is 38.8 Å². The molecular weight excluding hydrogens is 268 g/mol. The van der Waals surface area contributed by atoms with Gasteiger partial charge in [0.05, 0.1) is 5.56 Å². The lowest BCUT2D eigenvalue weighted by Crippen LogP contribution is -2.38. The summed E-state index contributed by atoms with van der Waals surface area (Å²) in [5.74, 6) is 0.308. The Morgan fingerprint density at radius 1 is 1.43 bits per heavy atom. The molecule has 3 rings (SSSR count). The third-order valence-electron chi connectivity index (χ3n) is 4.30. The maximum Gasteiger partial charge on any atom is 0.253 e. The first-order valence-electron chi connectivity index (χ1n) is 7.40. The van der Waals surface area contributed by atoms with Gasteiger partial charge in [-0.05, 0) is 44.6 Å². The number of carbonyl (C=O) groups is 1. The summed E-state index contributed by atoms with van der Waals surface area (Å²) in [7, 11) is 0. The first-order chi connectivity index (χ1) is 10.2. The normalized spacial score (nSPS) is 22.4. The Morgan fingerprint density at radius 2 is 2.19 bits per heavy atom. The minimum atomic E-state index is -0.0857. The highest BCUT2D eigenvalue weighted by Gasteiger charge is 2.22. The van der Waals surface area contributed by atoms with Crippen LogP contribution < -0.4 is 5.32 Å². The average molecular weight is 288 g/mol. The Morgan fingerprint density at radius 3 is 2.90 bits per heavy atom. The van der Waals surface area contributed by atoms with Gasteiger partial charge in [0, 0.05) is 29.9 Å². The van der Waals surface area contributed by atoms with Crippen molar-refractivity contribution in [3.63, 3.8) is 0 Å². The maximum absolute atomic E-state index is 12.3. The molecule has 0 saturated heterocycles. The average Bonchev–Trinajstić information content (AvgIpc) is 2.89. The van der Waals surface area contributed by atoms with Crippen LogP contribution in [0.1, 0.15) is 41.7 Å². The van der Waals surface area contributed by atoms with Crippen LogP contribution in [-0.2, 0) is 0 Å². The zero-order valence-electron chi connectivity index (χ0n) is 12.1. The van der Waals surface area contributed by atoms with Crippen molar-refractivity contribution < 1.29 is 9.90 Å². The number of fused-ring (bicyclic) bond motifs is 1. The fourth-order valence-electron chi connectivity index (χ4n) is 2.90. The van der Waals surface area contributed by atoms with E-state index >= 15 is 0 Å². The molecule has 6 heteroatoms. The van der Waals surface area contributed by atoms with Crippen LogP contribution in [0.5, 0.6) is 0 Å². The number of aliphatic hydroxyl groups excluding tert-OH is 1. The van der Waals surface area contributed by atoms with Gasteiger partial charge in [0.25, 0.3) is 5.91 Å². The smallest absolute Gasteiger partial charge is 0.253 e. The topological polar surface area (TPSA) is 90.9 Å². The van der Waals surface area contributed by atoms with Crippen LogP contribution in [0.2, 0.25) is 0 Å². The monoisotopic (exact) mass is 288 g/mol. The van der Waals surface area contributed by atoms with Crippen molar-refractivity contribution in [2.45, 2.75) is 38.6 Å². The van der Waals surface area contributed by atoms with E-state index in [1.807, 2.05) is 13.0 Å². The van der Waals surface area contributed by atoms with Gasteiger partial charge in [-0.25, -0.2) is 4.98 Å². The van der Waals surface area contributed by atoms with Gasteiger partial charge in [-0.2, -0.15) is 5.10 Å². The predicted octanol–water partition coefficient (Wildman–Crippen LogP) is 1.55. The molecule has 2 aromatic heterocycles. The lowest BCUT2D eigenvalue weighted by molar-refractivity contribution is 0.0914. The van der Waals surface area contributed by atoms with E-state index in [4.69, 9.17) is 5.11 Å². The number of nitrogens with zero attached hydrogens (tertiary/aromatic N) is 2. The van der Waals surface area contributed by atoms with Crippen molar-refractivity contribution in [2.75, 3.05) is 6.61 Å². The molecule has 0 bridgehead atoms. The second-order valence-corrected chi connectivity index (χ2v) is 5.82. The molecule has 1 aliphatic carbocycles. The second-order valence-electron chi connectivity index (χ2n) is 5.82. The van der Waals surface area contributed by atoms with Crippen molar-refractivity contribution >= 4 is 16.9 Å². The molecular formula is C15H20N4O2. The van der Waals surface area contributed by atoms with Crippen molar-refractivity contribution in [1.82, 2.24) is 20.5 Å². The Labute approximate surface area is 123 Å². The fourth-order valence-corrected chi connectivity index (χ4v) is 2.90. The summed E-state index contributed by atoms with van der Waals surface area (Å²) >= 11 is 0. The van der Waals surface area contributed by atoms with Gasteiger partial charge in [-0.3, -0.25) is 9.89 Å². The molecule has 0 spiro atoms. The van der Waals surface area contributed by atoms with Crippen molar-refractivity contribution in [3.05, 3.63) is 23.5 Å². The molecule has 0 aliphatic heterocycles. The molecule has 6 nitrogen and oxygen atoms in total. The van der Waals surface area contributed by atoms with E-state index in [0.29, 0.717) is 17.1 Å². The Balaban J connectivity index is 1.68. The molecule has 112 valence electrons. The molecule has 0 unspecified atom stereocenters. The standard InChI is InChI=1S/C15H20N4O2/c1-9-13-6-11(7-16-14(13)19-18-9)15(21)17-12-4-2-10(8-20)3-5-12/h6-7,10,12,20H,2-5,8H2,1H3,(H,17,21)(H,16,18,19). The zero-order chi connectivity index (χ0) is 14.8. The lowest BCUT2D eigenvalue weighted by Gasteiger charge is -2.27. The highest BCUT2D eigenvalue weighted by Crippen LogP contribution is 2.24. The molecule has 2 aromatic rings. The molecule has 0 radical (unpaired) electrons. The summed E-state index contributed by atoms with van der Waals surface area (Å²) in [6, 6.07) is 2.03. The van der Waals surface area contributed by atoms with Gasteiger partial charge in [-0.1, -0.05) is 0 Å². The quantitative estimate of drug-likeness (QED) is 0.799. The number of aliphatic hydroxyl groups is 1. The summed E-state index contributed by atoms with van der Waals surface area (Å²) in [6.07, 6.45) is 5.37. The van der Waals surface area contributed by atoms with E-state index in [1.54, 1.807) is 6.20 Å². The summed E-state index contributed by atoms with van der Waals surface area (Å²) in [5, 5.41) is 20.0. The number of hydrogen-bond acceptors (Lipinski definition) is 4. The molecule has 21 heavy (non-hydrogen) atoms. The molecule has 0 aromatic carbocycles. The van der Waals surface area contributed by atoms with Crippen LogP contribution in [0.4, 0.5) is 0 Å². The van der Waals surface area contributed by atoms with E-state index in [9.17, 15) is 4.79 Å². The maximum atomic E-state index is 12.3. The highest BCUT2D eigenvalue weighted by atomic mass is 16.3. The van der Waals surface area contributed by atoms with Crippen LogP contribution in [0.3, 0.4) is 0 Å². The molecule has 1 fully saturated rings. The van der Waals surface area contributed by atoms with E-state index < -0.39 is 0 Å². The van der Waals surface area contributed by atoms with Gasteiger partial charge < -0.3 is 10.4 Å². The zero-order valence-corrected chi connectivity index (χ0v) is 12.1. The van der Waals surface area contributed by atoms with Crippen LogP contribution in [0, 0.1) is 12.8 Å². The number of aromatic amines is 1. The van der Waals surface area contributed by atoms with E-state index in [0.717, 1.165) is 36.8 Å². The molecule has 1 amide bonds. The molecule has 0 atom stereocenters. The first-order valence-corrected chi connectivity index (χ1v) is 7.40. The summed E-state index contributed by atoms with van der Waals surface area (Å²) in [5.41, 5.74) is 2.11. The Kier molecular flexibility index (Phi) is 3.88. The third-order valence-corrected chi connectivity index (χ3v) is 4.30. The largest absolute Gasteiger partial charge is 0.396 e. The number of hydrogen-bond donors (Lipinski definition) is 3. The number of pyridine rings is 1. The minimum absolute atomic E-state index is 0.0857. The van der Waals surface area contributed by atoms with Crippen molar-refractivity contribution in [2.24, 2.45) is 5.92 Å². The second kappa shape index (κ2) is 5.81. The summed E-state index contributed by atoms with van der Waals surface area (Å²) in [4.78, 5) is 16.5. The summed E-state index contributed by atoms with van der Waals surface area (Å²) < 4.78 is 0. The predicted molar refractivity (Wildman–Crippen MR) is 78.9 cm³/mol. The van der Waals surface area contributed by atoms with Crippen molar-refractivity contribution in [1.29, 1.82) is 0 Å². The van der Waals surface area contributed by atoms with E-state index in [-0.39, 0.29) is 18.6 Å². The van der Waals surface area contributed by atoms with Crippen LogP contribution >= 0.6 is 0 Å². The molecule has 2 heterocycles. The lowest BCUT2D eigenvalue weighted by atomic mass is 9.86. The molecule has 3 N–H and O–H groups in total. The minimum Gasteiger partial charge on any atom is -0.396 e. The van der Waals surface area contributed by atoms with Gasteiger partial charge in [0.2, 0.25) is 0 Å². The SMILES string of the molecule is Cc1[nH]nc2ncc(C(=O)NC3CCC(CO)CC3)cc12. The van der Waals surface area contributed by atoms with Crippen molar-refractivity contribution in [3.8, 4) is 0 Å². The number of amides is 1. The number of rotatable bonds is 3. The third kappa shape index (κ3) is 2.90. The Hall–Kier alpha value is -1.95. The Bertz CT molecular complexity index is 644.